The molecule has 7 aromatic rings. The summed E-state index contributed by atoms with van der Waals surface area (Å²) in [6.45, 7) is 10.8. The molecule has 2 nitrogen and oxygen atoms in total. The first-order chi connectivity index (χ1) is 22.9. The molecular formula is C41H37FIrN2SSi-2. The van der Waals surface area contributed by atoms with E-state index in [-0.39, 0.29) is 31.8 Å². The van der Waals surface area contributed by atoms with E-state index in [2.05, 4.69) is 78.1 Å². The molecule has 1 radical (unpaired) electrons. The second-order valence-corrected chi connectivity index (χ2v) is 18.8. The van der Waals surface area contributed by atoms with Crippen LogP contribution in [-0.2, 0) is 26.5 Å². The van der Waals surface area contributed by atoms with Crippen LogP contribution in [0.25, 0.3) is 53.8 Å². The summed E-state index contributed by atoms with van der Waals surface area (Å²) in [6, 6.07) is 39.3. The largest absolute Gasteiger partial charge is 0.305 e. The number of hydrogen-bond donors (Lipinski definition) is 0. The number of halogens is 1. The predicted octanol–water partition coefficient (Wildman–Crippen LogP) is 11.0. The van der Waals surface area contributed by atoms with E-state index in [1.54, 1.807) is 35.7 Å². The number of benzene rings is 4. The van der Waals surface area contributed by atoms with Crippen molar-refractivity contribution in [3.8, 4) is 33.6 Å². The minimum atomic E-state index is -1.42. The fraction of sp³-hybridized carbons (Fsp3) is 0.171. The van der Waals surface area contributed by atoms with Crippen LogP contribution in [0.2, 0.25) is 19.6 Å². The topological polar surface area (TPSA) is 25.8 Å². The fourth-order valence-electron chi connectivity index (χ4n) is 5.23. The average molecular weight is 831 g/mol. The Bertz CT molecular complexity index is 2180. The molecule has 0 aliphatic rings. The van der Waals surface area contributed by atoms with E-state index >= 15 is 0 Å². The molecule has 0 atom stereocenters. The van der Waals surface area contributed by atoms with Gasteiger partial charge < -0.3 is 9.97 Å². The number of aromatic nitrogens is 2. The number of fused-ring (bicyclic) bond motifs is 3. The van der Waals surface area contributed by atoms with E-state index in [1.165, 1.54) is 17.3 Å². The summed E-state index contributed by atoms with van der Waals surface area (Å²) in [4.78, 5) is 9.00. The third-order valence-corrected chi connectivity index (χ3v) is 10.8. The zero-order valence-electron chi connectivity index (χ0n) is 29.1. The summed E-state index contributed by atoms with van der Waals surface area (Å²) in [5, 5.41) is 3.69. The van der Waals surface area contributed by atoms with Crippen LogP contribution in [0.1, 0.15) is 22.2 Å². The van der Waals surface area contributed by atoms with Gasteiger partial charge in [0.25, 0.3) is 0 Å². The van der Waals surface area contributed by atoms with Crippen LogP contribution in [0.5, 0.6) is 0 Å². The molecule has 0 aliphatic carbocycles. The molecule has 0 amide bonds. The summed E-state index contributed by atoms with van der Waals surface area (Å²) in [6.07, 6.45) is 2.27. The fourth-order valence-corrected chi connectivity index (χ4v) is 7.44. The van der Waals surface area contributed by atoms with Gasteiger partial charge >= 0.3 is 0 Å². The minimum absolute atomic E-state index is 0. The van der Waals surface area contributed by atoms with Gasteiger partial charge in [-0.15, -0.1) is 59.7 Å². The van der Waals surface area contributed by atoms with Gasteiger partial charge in [-0.1, -0.05) is 86.9 Å². The molecule has 7 rings (SSSR count). The Balaban J connectivity index is 0.000000233. The van der Waals surface area contributed by atoms with Crippen LogP contribution in [-0.4, -0.2) is 18.0 Å². The maximum absolute atomic E-state index is 13.3. The van der Waals surface area contributed by atoms with Gasteiger partial charge in [0.15, 0.2) is 0 Å². The number of hydrogen-bond acceptors (Lipinski definition) is 3. The molecule has 0 aliphatic heterocycles. The van der Waals surface area contributed by atoms with E-state index in [9.17, 15) is 4.39 Å². The molecule has 0 unspecified atom stereocenters. The number of nitrogens with zero attached hydrogens (tertiary/aromatic N) is 2. The summed E-state index contributed by atoms with van der Waals surface area (Å²) in [5.74, 6) is -0.374. The van der Waals surface area contributed by atoms with Crippen LogP contribution in [0, 0.1) is 23.9 Å². The Kier molecular flexibility index (Phi) is 10.1. The Morgan fingerprint density at radius 2 is 1.55 bits per heavy atom. The van der Waals surface area contributed by atoms with Crippen molar-refractivity contribution in [1.29, 1.82) is 0 Å². The molecule has 3 heterocycles. The zero-order valence-corrected chi connectivity index (χ0v) is 31.3. The van der Waals surface area contributed by atoms with E-state index in [0.29, 0.717) is 5.56 Å². The molecule has 3 aromatic heterocycles. The number of thiophene rings is 1. The van der Waals surface area contributed by atoms with Crippen LogP contribution < -0.4 is 5.19 Å². The maximum atomic E-state index is 13.3. The van der Waals surface area contributed by atoms with Gasteiger partial charge in [-0.3, -0.25) is 0 Å². The molecule has 47 heavy (non-hydrogen) atoms. The molecule has 0 bridgehead atoms. The van der Waals surface area contributed by atoms with Crippen LogP contribution in [0.3, 0.4) is 0 Å². The van der Waals surface area contributed by atoms with Crippen LogP contribution in [0.15, 0.2) is 116 Å². The minimum Gasteiger partial charge on any atom is -0.305 e. The molecule has 0 saturated carbocycles. The summed E-state index contributed by atoms with van der Waals surface area (Å²) < 4.78 is 32.4. The van der Waals surface area contributed by atoms with Crippen molar-refractivity contribution < 1.29 is 27.2 Å². The van der Waals surface area contributed by atoms with Crippen molar-refractivity contribution >= 4 is 44.8 Å². The van der Waals surface area contributed by atoms with Crippen molar-refractivity contribution in [2.75, 3.05) is 0 Å². The standard InChI is InChI=1S/C27H21FNS.C14H16NSi.Ir/c1-17(2)13-18-11-12-29-25(14-18)21-6-10-24-23-9-5-20(15-26(23)30-27(24)16-21)19-3-7-22(28)8-4-19;1-16(2,3)13-9-10-14(15-11-13)12-7-5-4-6-8-12;/h3-5,7-12,14-17H,13H2,1-2H3;4-7,9-11H,1-3H3;/q2*-1;/i13D2;;. The van der Waals surface area contributed by atoms with Crippen molar-refractivity contribution in [1.82, 2.24) is 9.97 Å². The molecule has 4 aromatic carbocycles. The zero-order chi connectivity index (χ0) is 34.1. The Morgan fingerprint density at radius 1 is 0.787 bits per heavy atom. The Labute approximate surface area is 298 Å². The smallest absolute Gasteiger partial charge is 0.123 e. The average Bonchev–Trinajstić information content (AvgIpc) is 3.46. The van der Waals surface area contributed by atoms with Crippen LogP contribution in [0.4, 0.5) is 4.39 Å². The molecule has 0 spiro atoms. The van der Waals surface area contributed by atoms with Gasteiger partial charge in [0.2, 0.25) is 0 Å². The van der Waals surface area contributed by atoms with Crippen molar-refractivity contribution in [3.05, 3.63) is 139 Å². The molecule has 6 heteroatoms. The third-order valence-electron chi connectivity index (χ3n) is 7.69. The predicted molar refractivity (Wildman–Crippen MR) is 197 cm³/mol. The Hall–Kier alpha value is -3.80. The number of rotatable bonds is 6. The van der Waals surface area contributed by atoms with E-state index < -0.39 is 14.4 Å². The number of pyridine rings is 2. The SMILES string of the molecule is C[Si](C)(C)c1ccc(-c2[c-]cccc2)nc1.[2H]C([2H])(c1ccnc(-c2[c-]cc3c(c2)sc2cc(-c4ccc(F)cc4)ccc23)c1)C(C)C.[Ir]. The second-order valence-electron chi connectivity index (χ2n) is 12.6. The Morgan fingerprint density at radius 3 is 2.23 bits per heavy atom. The van der Waals surface area contributed by atoms with Crippen molar-refractivity contribution in [3.63, 3.8) is 0 Å². The normalized spacial score (nSPS) is 12.2. The van der Waals surface area contributed by atoms with E-state index in [1.807, 2.05) is 56.4 Å². The van der Waals surface area contributed by atoms with Crippen molar-refractivity contribution in [2.24, 2.45) is 5.92 Å². The van der Waals surface area contributed by atoms with Gasteiger partial charge in [-0.05, 0) is 74.3 Å². The quantitative estimate of drug-likeness (QED) is 0.123. The van der Waals surface area contributed by atoms with Gasteiger partial charge in [0.05, 0.1) is 8.07 Å². The first-order valence-electron chi connectivity index (χ1n) is 16.4. The second kappa shape index (κ2) is 15.0. The van der Waals surface area contributed by atoms with Gasteiger partial charge in [0.1, 0.15) is 5.82 Å². The summed E-state index contributed by atoms with van der Waals surface area (Å²) >= 11 is 1.70. The monoisotopic (exact) mass is 831 g/mol. The molecule has 0 fully saturated rings. The molecule has 0 N–H and O–H groups in total. The van der Waals surface area contributed by atoms with E-state index in [0.717, 1.165) is 53.8 Å². The molecule has 0 saturated heterocycles. The molecule has 239 valence electrons. The first-order valence-corrected chi connectivity index (χ1v) is 19.8. The van der Waals surface area contributed by atoms with Gasteiger partial charge in [0, 0.05) is 39.9 Å². The van der Waals surface area contributed by atoms with Gasteiger partial charge in [-0.25, -0.2) is 4.39 Å². The van der Waals surface area contributed by atoms with Crippen LogP contribution >= 0.6 is 11.3 Å². The first kappa shape index (κ1) is 31.8. The van der Waals surface area contributed by atoms with Crippen molar-refractivity contribution in [2.45, 2.75) is 39.9 Å². The third kappa shape index (κ3) is 8.38. The summed E-state index contributed by atoms with van der Waals surface area (Å²) in [7, 11) is -1.23. The maximum Gasteiger partial charge on any atom is 0.123 e. The molecular weight excluding hydrogens is 792 g/mol. The van der Waals surface area contributed by atoms with E-state index in [4.69, 9.17) is 2.74 Å². The summed E-state index contributed by atoms with van der Waals surface area (Å²) in [5.41, 5.74) is 6.30. The van der Waals surface area contributed by atoms with Gasteiger partial charge in [-0.2, -0.15) is 11.3 Å².